The molecule has 2 aliphatic rings. The van der Waals surface area contributed by atoms with E-state index in [1.807, 2.05) is 26.8 Å². The first-order chi connectivity index (χ1) is 9.71. The zero-order valence-electron chi connectivity index (χ0n) is 12.8. The molecule has 0 aromatic carbocycles. The van der Waals surface area contributed by atoms with E-state index in [1.54, 1.807) is 0 Å². The number of sulfone groups is 1. The molecule has 1 saturated carbocycles. The average Bonchev–Trinajstić information content (AvgIpc) is 3.07. The molecule has 1 aliphatic heterocycles. The van der Waals surface area contributed by atoms with Crippen molar-refractivity contribution in [2.75, 3.05) is 11.5 Å². The van der Waals surface area contributed by atoms with E-state index in [4.69, 9.17) is 0 Å². The van der Waals surface area contributed by atoms with Gasteiger partial charge in [0, 0.05) is 17.4 Å². The molecule has 1 unspecified atom stereocenters. The van der Waals surface area contributed by atoms with Crippen molar-refractivity contribution < 1.29 is 13.2 Å². The largest absolute Gasteiger partial charge is 0.346 e. The van der Waals surface area contributed by atoms with Gasteiger partial charge in [-0.25, -0.2) is 8.42 Å². The Kier molecular flexibility index (Phi) is 3.20. The number of nitrogens with one attached hydrogen (secondary N) is 1. The molecule has 1 amide bonds. The van der Waals surface area contributed by atoms with Crippen LogP contribution in [0, 0.1) is 13.8 Å². The van der Waals surface area contributed by atoms with Gasteiger partial charge in [0.05, 0.1) is 22.6 Å². The molecule has 0 spiro atoms. The van der Waals surface area contributed by atoms with Gasteiger partial charge in [-0.3, -0.25) is 4.79 Å². The molecule has 1 saturated heterocycles. The van der Waals surface area contributed by atoms with Gasteiger partial charge in [-0.15, -0.1) is 0 Å². The van der Waals surface area contributed by atoms with Gasteiger partial charge in [0.1, 0.15) is 0 Å². The van der Waals surface area contributed by atoms with Crippen LogP contribution >= 0.6 is 0 Å². The number of carbonyl (C=O) groups is 1. The summed E-state index contributed by atoms with van der Waals surface area (Å²) in [5.41, 5.74) is 2.11. The predicted octanol–water partition coefficient (Wildman–Crippen LogP) is 1.75. The Morgan fingerprint density at radius 3 is 2.57 bits per heavy atom. The standard InChI is InChI=1S/C15H22N2O3S/c1-10-8-13(11(2)17(10)12-4-5-12)14(18)16-15(3)6-7-21(19,20)9-15/h8,12H,4-7,9H2,1-3H3,(H,16,18). The van der Waals surface area contributed by atoms with Crippen molar-refractivity contribution >= 4 is 15.7 Å². The molecule has 1 aromatic heterocycles. The molecule has 1 N–H and O–H groups in total. The van der Waals surface area contributed by atoms with E-state index in [9.17, 15) is 13.2 Å². The second kappa shape index (κ2) is 4.60. The van der Waals surface area contributed by atoms with Crippen LogP contribution < -0.4 is 5.32 Å². The number of nitrogens with zero attached hydrogens (tertiary/aromatic N) is 1. The molecule has 21 heavy (non-hydrogen) atoms. The van der Waals surface area contributed by atoms with Crippen molar-refractivity contribution in [1.29, 1.82) is 0 Å². The van der Waals surface area contributed by atoms with Crippen molar-refractivity contribution in [3.05, 3.63) is 23.0 Å². The van der Waals surface area contributed by atoms with Crippen LogP contribution in [-0.4, -0.2) is 35.9 Å². The summed E-state index contributed by atoms with van der Waals surface area (Å²) in [6, 6.07) is 2.45. The van der Waals surface area contributed by atoms with Crippen LogP contribution in [0.3, 0.4) is 0 Å². The summed E-state index contributed by atoms with van der Waals surface area (Å²) < 4.78 is 25.5. The molecule has 3 rings (SSSR count). The van der Waals surface area contributed by atoms with Crippen LogP contribution in [0.15, 0.2) is 6.07 Å². The lowest BCUT2D eigenvalue weighted by atomic mass is 10.0. The van der Waals surface area contributed by atoms with Crippen molar-refractivity contribution in [3.8, 4) is 0 Å². The maximum Gasteiger partial charge on any atom is 0.253 e. The van der Waals surface area contributed by atoms with Crippen molar-refractivity contribution in [2.24, 2.45) is 0 Å². The Labute approximate surface area is 125 Å². The maximum atomic E-state index is 12.5. The minimum atomic E-state index is -3.02. The molecule has 2 fully saturated rings. The van der Waals surface area contributed by atoms with Gasteiger partial charge in [0.2, 0.25) is 0 Å². The third kappa shape index (κ3) is 2.73. The third-order valence-electron chi connectivity index (χ3n) is 4.56. The van der Waals surface area contributed by atoms with Crippen LogP contribution in [0.2, 0.25) is 0 Å². The monoisotopic (exact) mass is 310 g/mol. The first-order valence-electron chi connectivity index (χ1n) is 7.42. The Balaban J connectivity index is 1.82. The fraction of sp³-hybridized carbons (Fsp3) is 0.667. The summed E-state index contributed by atoms with van der Waals surface area (Å²) >= 11 is 0. The highest BCUT2D eigenvalue weighted by molar-refractivity contribution is 7.91. The quantitative estimate of drug-likeness (QED) is 0.925. The molecule has 6 heteroatoms. The Bertz CT molecular complexity index is 701. The van der Waals surface area contributed by atoms with E-state index in [1.165, 1.54) is 12.8 Å². The lowest BCUT2D eigenvalue weighted by Gasteiger charge is -2.23. The molecule has 5 nitrogen and oxygen atoms in total. The highest BCUT2D eigenvalue weighted by Crippen LogP contribution is 2.38. The number of aryl methyl sites for hydroxylation is 1. The Morgan fingerprint density at radius 2 is 2.05 bits per heavy atom. The Hall–Kier alpha value is -1.30. The molecule has 2 heterocycles. The summed E-state index contributed by atoms with van der Waals surface area (Å²) in [7, 11) is -3.02. The molecule has 1 aromatic rings. The van der Waals surface area contributed by atoms with E-state index in [0.29, 0.717) is 18.0 Å². The second-order valence-corrected chi connectivity index (χ2v) is 8.93. The molecule has 0 radical (unpaired) electrons. The Morgan fingerprint density at radius 1 is 1.38 bits per heavy atom. The molecule has 0 bridgehead atoms. The second-order valence-electron chi connectivity index (χ2n) is 6.74. The fourth-order valence-electron chi connectivity index (χ4n) is 3.35. The molecule has 1 atom stereocenters. The summed E-state index contributed by atoms with van der Waals surface area (Å²) in [5, 5.41) is 2.94. The van der Waals surface area contributed by atoms with Crippen LogP contribution in [0.5, 0.6) is 0 Å². The third-order valence-corrected chi connectivity index (χ3v) is 6.46. The summed E-state index contributed by atoms with van der Waals surface area (Å²) in [6.07, 6.45) is 2.84. The first kappa shape index (κ1) is 14.6. The lowest BCUT2D eigenvalue weighted by molar-refractivity contribution is 0.0914. The number of rotatable bonds is 3. The smallest absolute Gasteiger partial charge is 0.253 e. The highest BCUT2D eigenvalue weighted by Gasteiger charge is 2.40. The minimum absolute atomic E-state index is 0.0348. The van der Waals surface area contributed by atoms with Crippen LogP contribution in [0.1, 0.15) is 54.0 Å². The molecule has 1 aliphatic carbocycles. The number of aromatic nitrogens is 1. The summed E-state index contributed by atoms with van der Waals surface area (Å²) in [4.78, 5) is 12.5. The van der Waals surface area contributed by atoms with E-state index in [-0.39, 0.29) is 17.4 Å². The van der Waals surface area contributed by atoms with Gasteiger partial charge >= 0.3 is 0 Å². The topological polar surface area (TPSA) is 68.2 Å². The SMILES string of the molecule is Cc1cc(C(=O)NC2(C)CCS(=O)(=O)C2)c(C)n1C1CC1. The van der Waals surface area contributed by atoms with Crippen molar-refractivity contribution in [2.45, 2.75) is 51.6 Å². The zero-order chi connectivity index (χ0) is 15.4. The molecular formula is C15H22N2O3S. The first-order valence-corrected chi connectivity index (χ1v) is 9.24. The van der Waals surface area contributed by atoms with Gasteiger partial charge < -0.3 is 9.88 Å². The van der Waals surface area contributed by atoms with Gasteiger partial charge in [-0.05, 0) is 46.1 Å². The van der Waals surface area contributed by atoms with Gasteiger partial charge in [0.15, 0.2) is 9.84 Å². The number of hydrogen-bond acceptors (Lipinski definition) is 3. The number of amides is 1. The maximum absolute atomic E-state index is 12.5. The lowest BCUT2D eigenvalue weighted by Crippen LogP contribution is -2.47. The van der Waals surface area contributed by atoms with E-state index >= 15 is 0 Å². The number of hydrogen-bond donors (Lipinski definition) is 1. The van der Waals surface area contributed by atoms with E-state index in [2.05, 4.69) is 9.88 Å². The average molecular weight is 310 g/mol. The highest BCUT2D eigenvalue weighted by atomic mass is 32.2. The van der Waals surface area contributed by atoms with E-state index < -0.39 is 15.4 Å². The van der Waals surface area contributed by atoms with Crippen LogP contribution in [0.25, 0.3) is 0 Å². The van der Waals surface area contributed by atoms with Crippen molar-refractivity contribution in [3.63, 3.8) is 0 Å². The zero-order valence-corrected chi connectivity index (χ0v) is 13.6. The molecular weight excluding hydrogens is 288 g/mol. The van der Waals surface area contributed by atoms with Gasteiger partial charge in [-0.1, -0.05) is 0 Å². The van der Waals surface area contributed by atoms with Crippen LogP contribution in [-0.2, 0) is 9.84 Å². The minimum Gasteiger partial charge on any atom is -0.346 e. The predicted molar refractivity (Wildman–Crippen MR) is 81.3 cm³/mol. The van der Waals surface area contributed by atoms with Crippen molar-refractivity contribution in [1.82, 2.24) is 9.88 Å². The van der Waals surface area contributed by atoms with E-state index in [0.717, 1.165) is 11.4 Å². The molecule has 116 valence electrons. The fourth-order valence-corrected chi connectivity index (χ4v) is 5.45. The van der Waals surface area contributed by atoms with Gasteiger partial charge in [-0.2, -0.15) is 0 Å². The number of carbonyl (C=O) groups excluding carboxylic acids is 1. The summed E-state index contributed by atoms with van der Waals surface area (Å²) in [5.74, 6) is 0.0347. The summed E-state index contributed by atoms with van der Waals surface area (Å²) in [6.45, 7) is 5.80. The normalized spacial score (nSPS) is 27.8. The van der Waals surface area contributed by atoms with Gasteiger partial charge in [0.25, 0.3) is 5.91 Å². The van der Waals surface area contributed by atoms with Crippen LogP contribution in [0.4, 0.5) is 0 Å².